The van der Waals surface area contributed by atoms with E-state index in [1.54, 1.807) is 6.07 Å². The third kappa shape index (κ3) is 3.81. The second-order valence-corrected chi connectivity index (χ2v) is 9.71. The Labute approximate surface area is 183 Å². The van der Waals surface area contributed by atoms with Crippen LogP contribution < -0.4 is 5.56 Å². The Morgan fingerprint density at radius 1 is 1.03 bits per heavy atom. The fourth-order valence-electron chi connectivity index (χ4n) is 4.04. The highest BCUT2D eigenvalue weighted by Crippen LogP contribution is 2.25. The Morgan fingerprint density at radius 2 is 1.81 bits per heavy atom. The summed E-state index contributed by atoms with van der Waals surface area (Å²) in [7, 11) is -3.70. The van der Waals surface area contributed by atoms with Gasteiger partial charge in [0.15, 0.2) is 0 Å². The first kappa shape index (κ1) is 20.8. The largest absolute Gasteiger partial charge is 0.449 e. The molecule has 2 aromatic carbocycles. The number of fused-ring (bicyclic) bond motifs is 3. The molecule has 10 heteroatoms. The van der Waals surface area contributed by atoms with Crippen molar-refractivity contribution in [3.63, 3.8) is 0 Å². The fourth-order valence-corrected chi connectivity index (χ4v) is 5.51. The molecule has 0 unspecified atom stereocenters. The van der Waals surface area contributed by atoms with Gasteiger partial charge in [0.05, 0.1) is 11.4 Å². The first-order valence-corrected chi connectivity index (χ1v) is 11.7. The Hall–Kier alpha value is -3.08. The zero-order valence-electron chi connectivity index (χ0n) is 17.1. The lowest BCUT2D eigenvalue weighted by Crippen LogP contribution is -2.35. The molecule has 1 N–H and O–H groups in total. The molecule has 0 spiro atoms. The smallest absolute Gasteiger partial charge is 0.294 e. The summed E-state index contributed by atoms with van der Waals surface area (Å²) >= 11 is 0. The molecule has 32 heavy (non-hydrogen) atoms. The van der Waals surface area contributed by atoms with E-state index < -0.39 is 15.8 Å². The van der Waals surface area contributed by atoms with Gasteiger partial charge in [0.2, 0.25) is 15.6 Å². The molecule has 5 rings (SSSR count). The van der Waals surface area contributed by atoms with Crippen molar-refractivity contribution in [1.29, 1.82) is 0 Å². The molecule has 0 aliphatic carbocycles. The van der Waals surface area contributed by atoms with Gasteiger partial charge in [-0.2, -0.15) is 4.31 Å². The highest BCUT2D eigenvalue weighted by Gasteiger charge is 2.27. The quantitative estimate of drug-likeness (QED) is 0.507. The van der Waals surface area contributed by atoms with E-state index in [1.807, 2.05) is 18.2 Å². The Morgan fingerprint density at radius 3 is 2.62 bits per heavy atom. The monoisotopic (exact) mass is 456 g/mol. The maximum atomic E-state index is 13.2. The minimum atomic E-state index is -3.70. The van der Waals surface area contributed by atoms with Crippen LogP contribution in [0, 0.1) is 5.82 Å². The third-order valence-corrected chi connectivity index (χ3v) is 7.57. The normalized spacial score (nSPS) is 16.5. The number of aromatic amines is 1. The number of furan rings is 1. The van der Waals surface area contributed by atoms with E-state index in [4.69, 9.17) is 4.42 Å². The van der Waals surface area contributed by atoms with Gasteiger partial charge >= 0.3 is 0 Å². The summed E-state index contributed by atoms with van der Waals surface area (Å²) in [4.78, 5) is 22.1. The molecule has 4 aromatic rings. The lowest BCUT2D eigenvalue weighted by molar-refractivity contribution is 0.272. The molecular weight excluding hydrogens is 435 g/mol. The van der Waals surface area contributed by atoms with E-state index in [0.29, 0.717) is 56.1 Å². The second-order valence-electron chi connectivity index (χ2n) is 7.78. The Kier molecular flexibility index (Phi) is 5.28. The van der Waals surface area contributed by atoms with Crippen LogP contribution in [0.5, 0.6) is 0 Å². The van der Waals surface area contributed by atoms with E-state index in [1.165, 1.54) is 16.4 Å². The summed E-state index contributed by atoms with van der Waals surface area (Å²) in [5.74, 6) is 0.0266. The molecule has 0 saturated carbocycles. The predicted octanol–water partition coefficient (Wildman–Crippen LogP) is 2.71. The predicted molar refractivity (Wildman–Crippen MR) is 117 cm³/mol. The number of nitrogens with zero attached hydrogens (tertiary/aromatic N) is 3. The molecule has 0 radical (unpaired) electrons. The molecule has 0 amide bonds. The van der Waals surface area contributed by atoms with Gasteiger partial charge in [0, 0.05) is 25.0 Å². The Balaban J connectivity index is 1.35. The van der Waals surface area contributed by atoms with Crippen molar-refractivity contribution in [1.82, 2.24) is 19.2 Å². The van der Waals surface area contributed by atoms with Crippen LogP contribution in [-0.2, 0) is 16.6 Å². The Bertz CT molecular complexity index is 1450. The van der Waals surface area contributed by atoms with Crippen LogP contribution in [-0.4, -0.2) is 53.8 Å². The highest BCUT2D eigenvalue weighted by atomic mass is 32.2. The van der Waals surface area contributed by atoms with E-state index in [2.05, 4.69) is 14.9 Å². The average Bonchev–Trinajstić information content (AvgIpc) is 2.98. The number of para-hydroxylation sites is 1. The van der Waals surface area contributed by atoms with Crippen LogP contribution in [0.15, 0.2) is 62.6 Å². The second kappa shape index (κ2) is 8.12. The van der Waals surface area contributed by atoms with Gasteiger partial charge in [-0.05, 0) is 49.4 Å². The zero-order valence-corrected chi connectivity index (χ0v) is 17.9. The summed E-state index contributed by atoms with van der Waals surface area (Å²) in [6.07, 6.45) is 0.627. The zero-order chi connectivity index (χ0) is 22.3. The number of rotatable bonds is 4. The van der Waals surface area contributed by atoms with Crippen LogP contribution >= 0.6 is 0 Å². The van der Waals surface area contributed by atoms with Crippen LogP contribution in [0.25, 0.3) is 22.1 Å². The minimum Gasteiger partial charge on any atom is -0.449 e. The van der Waals surface area contributed by atoms with E-state index in [0.717, 1.165) is 17.5 Å². The van der Waals surface area contributed by atoms with Crippen molar-refractivity contribution >= 4 is 32.1 Å². The van der Waals surface area contributed by atoms with Crippen molar-refractivity contribution in [2.45, 2.75) is 17.9 Å². The number of benzene rings is 2. The van der Waals surface area contributed by atoms with Crippen molar-refractivity contribution in [3.05, 3.63) is 70.5 Å². The molecular formula is C22H21FN4O4S. The molecule has 0 bridgehead atoms. The summed E-state index contributed by atoms with van der Waals surface area (Å²) in [5.41, 5.74) is 0.989. The van der Waals surface area contributed by atoms with Crippen molar-refractivity contribution in [2.75, 3.05) is 26.2 Å². The van der Waals surface area contributed by atoms with Crippen LogP contribution in [0.4, 0.5) is 4.39 Å². The first-order chi connectivity index (χ1) is 15.4. The topological polar surface area (TPSA) is 99.5 Å². The number of hydrogen-bond acceptors (Lipinski definition) is 6. The van der Waals surface area contributed by atoms with Gasteiger partial charge in [-0.3, -0.25) is 9.69 Å². The summed E-state index contributed by atoms with van der Waals surface area (Å²) in [6.45, 7) is 2.18. The molecule has 0 atom stereocenters. The maximum Gasteiger partial charge on any atom is 0.294 e. The van der Waals surface area contributed by atoms with Gasteiger partial charge < -0.3 is 9.40 Å². The first-order valence-electron chi connectivity index (χ1n) is 10.3. The molecule has 1 aliphatic heterocycles. The van der Waals surface area contributed by atoms with Gasteiger partial charge in [-0.25, -0.2) is 17.8 Å². The number of hydrogen-bond donors (Lipinski definition) is 1. The number of aromatic nitrogens is 2. The molecule has 1 fully saturated rings. The van der Waals surface area contributed by atoms with Gasteiger partial charge in [-0.1, -0.05) is 12.1 Å². The summed E-state index contributed by atoms with van der Waals surface area (Å²) in [5, 5.41) is 0.780. The molecule has 1 saturated heterocycles. The minimum absolute atomic E-state index is 0.0793. The molecule has 1 aliphatic rings. The molecule has 8 nitrogen and oxygen atoms in total. The third-order valence-electron chi connectivity index (χ3n) is 5.65. The number of nitrogens with one attached hydrogen (secondary N) is 1. The highest BCUT2D eigenvalue weighted by molar-refractivity contribution is 7.89. The number of sulfonamides is 1. The lowest BCUT2D eigenvalue weighted by Gasteiger charge is -2.21. The van der Waals surface area contributed by atoms with Gasteiger partial charge in [0.25, 0.3) is 5.56 Å². The van der Waals surface area contributed by atoms with E-state index >= 15 is 0 Å². The maximum absolute atomic E-state index is 13.2. The van der Waals surface area contributed by atoms with E-state index in [9.17, 15) is 17.6 Å². The fraction of sp³-hybridized carbons (Fsp3) is 0.273. The number of halogens is 1. The molecule has 3 heterocycles. The van der Waals surface area contributed by atoms with Crippen LogP contribution in [0.3, 0.4) is 0 Å². The SMILES string of the molecule is O=c1[nH]c(CN2CCCN(S(=O)(=O)c3ccc(F)cc3)CC2)nc2c1oc1ccccc12. The van der Waals surface area contributed by atoms with Crippen LogP contribution in [0.1, 0.15) is 12.2 Å². The van der Waals surface area contributed by atoms with Crippen molar-refractivity contribution < 1.29 is 17.2 Å². The van der Waals surface area contributed by atoms with Crippen LogP contribution in [0.2, 0.25) is 0 Å². The van der Waals surface area contributed by atoms with E-state index in [-0.39, 0.29) is 16.0 Å². The number of H-pyrrole nitrogens is 1. The van der Waals surface area contributed by atoms with Crippen molar-refractivity contribution in [2.24, 2.45) is 0 Å². The average molecular weight is 456 g/mol. The summed E-state index contributed by atoms with van der Waals surface area (Å²) < 4.78 is 46.1. The van der Waals surface area contributed by atoms with Crippen molar-refractivity contribution in [3.8, 4) is 0 Å². The van der Waals surface area contributed by atoms with Gasteiger partial charge in [0.1, 0.15) is 22.7 Å². The molecule has 166 valence electrons. The molecule has 2 aromatic heterocycles. The van der Waals surface area contributed by atoms with Gasteiger partial charge in [-0.15, -0.1) is 0 Å². The standard InChI is InChI=1S/C22H21FN4O4S/c23-15-6-8-16(9-7-15)32(29,30)27-11-3-10-26(12-13-27)14-19-24-20-17-4-1-2-5-18(17)31-21(20)22(28)25-19/h1-2,4-9H,3,10-14H2,(H,24,25,28). The summed E-state index contributed by atoms with van der Waals surface area (Å²) in [6, 6.07) is 12.2. The lowest BCUT2D eigenvalue weighted by atomic mass is 10.2.